The van der Waals surface area contributed by atoms with Gasteiger partial charge in [-0.1, -0.05) is 57.4 Å². The molecule has 3 aromatic heterocycles. The van der Waals surface area contributed by atoms with Crippen LogP contribution in [0.15, 0.2) is 47.5 Å². The summed E-state index contributed by atoms with van der Waals surface area (Å²) < 4.78 is 3.95. The maximum Gasteiger partial charge on any atom is 0.328 e. The molecule has 0 bridgehead atoms. The number of nitrogens with one attached hydrogen (secondary N) is 1. The third-order valence-corrected chi connectivity index (χ3v) is 6.38. The molecule has 1 N–H and O–H groups in total. The molecule has 8 heteroatoms. The van der Waals surface area contributed by atoms with E-state index in [9.17, 15) is 4.79 Å². The van der Waals surface area contributed by atoms with Crippen LogP contribution in [0, 0.1) is 6.92 Å². The lowest BCUT2D eigenvalue weighted by atomic mass is 10.0. The normalized spacial score (nSPS) is 11.3. The number of aromatic amines is 1. The number of benzene rings is 1. The quantitative estimate of drug-likeness (QED) is 0.326. The fraction of sp³-hybridized carbons (Fsp3) is 0.423. The number of rotatable bonds is 11. The number of tetrazole rings is 1. The second kappa shape index (κ2) is 11.0. The lowest BCUT2D eigenvalue weighted by Crippen LogP contribution is -2.26. The maximum atomic E-state index is 13.3. The summed E-state index contributed by atoms with van der Waals surface area (Å²) >= 11 is 0. The summed E-state index contributed by atoms with van der Waals surface area (Å²) in [5, 5.41) is 14.4. The predicted octanol–water partition coefficient (Wildman–Crippen LogP) is 4.78. The Labute approximate surface area is 200 Å². The number of hydrogen-bond acceptors (Lipinski definition) is 5. The van der Waals surface area contributed by atoms with Crippen molar-refractivity contribution in [1.29, 1.82) is 0 Å². The van der Waals surface area contributed by atoms with Crippen LogP contribution < -0.4 is 5.69 Å². The molecule has 0 aliphatic carbocycles. The molecule has 0 unspecified atom stereocenters. The Morgan fingerprint density at radius 1 is 0.941 bits per heavy atom. The first-order valence-electron chi connectivity index (χ1n) is 12.2. The van der Waals surface area contributed by atoms with Crippen molar-refractivity contribution < 1.29 is 0 Å². The molecule has 0 aliphatic heterocycles. The van der Waals surface area contributed by atoms with Crippen LogP contribution in [0.2, 0.25) is 0 Å². The molecule has 0 radical (unpaired) electrons. The summed E-state index contributed by atoms with van der Waals surface area (Å²) in [5.74, 6) is 0.536. The molecule has 178 valence electrons. The largest absolute Gasteiger partial charge is 0.328 e. The third kappa shape index (κ3) is 5.00. The Balaban J connectivity index is 1.62. The van der Waals surface area contributed by atoms with E-state index in [-0.39, 0.29) is 5.69 Å². The molecule has 0 atom stereocenters. The average Bonchev–Trinajstić information content (AvgIpc) is 3.47. The van der Waals surface area contributed by atoms with Crippen molar-refractivity contribution in [3.05, 3.63) is 70.2 Å². The van der Waals surface area contributed by atoms with E-state index in [1.54, 1.807) is 6.20 Å². The number of aromatic nitrogens is 7. The van der Waals surface area contributed by atoms with Gasteiger partial charge >= 0.3 is 5.69 Å². The van der Waals surface area contributed by atoms with Gasteiger partial charge in [0.25, 0.3) is 0 Å². The molecule has 34 heavy (non-hydrogen) atoms. The first kappa shape index (κ1) is 23.6. The zero-order chi connectivity index (χ0) is 23.9. The van der Waals surface area contributed by atoms with E-state index in [2.05, 4.69) is 70.6 Å². The van der Waals surface area contributed by atoms with Crippen LogP contribution in [-0.4, -0.2) is 34.7 Å². The van der Waals surface area contributed by atoms with Gasteiger partial charge in [0, 0.05) is 41.5 Å². The van der Waals surface area contributed by atoms with Gasteiger partial charge in [-0.2, -0.15) is 5.21 Å². The van der Waals surface area contributed by atoms with Gasteiger partial charge in [0.15, 0.2) is 0 Å². The van der Waals surface area contributed by atoms with Crippen molar-refractivity contribution in [2.75, 3.05) is 0 Å². The van der Waals surface area contributed by atoms with Gasteiger partial charge in [0.1, 0.15) is 0 Å². The first-order valence-corrected chi connectivity index (χ1v) is 12.2. The highest BCUT2D eigenvalue weighted by molar-refractivity contribution is 5.79. The van der Waals surface area contributed by atoms with Crippen LogP contribution in [0.25, 0.3) is 22.5 Å². The second-order valence-corrected chi connectivity index (χ2v) is 8.72. The number of unbranched alkanes of at least 4 members (excludes halogenated alkanes) is 3. The van der Waals surface area contributed by atoms with Gasteiger partial charge in [-0.05, 0) is 48.6 Å². The van der Waals surface area contributed by atoms with Crippen LogP contribution in [0.3, 0.4) is 0 Å². The standard InChI is InChI=1S/C26H33N7O/c1-4-6-8-16-32-19(3)24(9-7-5-2)33(26(32)34)18-20-10-12-21(13-11-20)23-17-27-15-14-22(23)25-28-30-31-29-25/h10-15,17H,4-9,16,18H2,1-3H3,(H,28,29,30,31). The van der Waals surface area contributed by atoms with E-state index in [1.807, 2.05) is 21.4 Å². The van der Waals surface area contributed by atoms with Gasteiger partial charge in [-0.25, -0.2) is 4.79 Å². The summed E-state index contributed by atoms with van der Waals surface area (Å²) in [4.78, 5) is 17.6. The number of imidazole rings is 1. The molecule has 4 rings (SSSR count). The molecule has 0 aliphatic rings. The van der Waals surface area contributed by atoms with Crippen molar-refractivity contribution in [3.63, 3.8) is 0 Å². The fourth-order valence-corrected chi connectivity index (χ4v) is 4.43. The van der Waals surface area contributed by atoms with Gasteiger partial charge in [-0.3, -0.25) is 14.1 Å². The SMILES string of the molecule is CCCCCn1c(C)c(CCCC)n(Cc2ccc(-c3cnccc3-c3nn[nH]n3)cc2)c1=O. The molecule has 1 aromatic carbocycles. The molecule has 0 saturated heterocycles. The Hall–Kier alpha value is -3.55. The lowest BCUT2D eigenvalue weighted by Gasteiger charge is -2.10. The zero-order valence-corrected chi connectivity index (χ0v) is 20.3. The fourth-order valence-electron chi connectivity index (χ4n) is 4.43. The number of hydrogen-bond donors (Lipinski definition) is 1. The number of nitrogens with zero attached hydrogens (tertiary/aromatic N) is 6. The van der Waals surface area contributed by atoms with Gasteiger partial charge in [0.2, 0.25) is 5.82 Å². The van der Waals surface area contributed by atoms with Crippen molar-refractivity contribution >= 4 is 0 Å². The van der Waals surface area contributed by atoms with Crippen molar-refractivity contribution in [2.45, 2.75) is 72.4 Å². The van der Waals surface area contributed by atoms with Gasteiger partial charge in [0.05, 0.1) is 6.54 Å². The lowest BCUT2D eigenvalue weighted by molar-refractivity contribution is 0.566. The highest BCUT2D eigenvalue weighted by atomic mass is 16.1. The maximum absolute atomic E-state index is 13.3. The molecule has 0 saturated carbocycles. The summed E-state index contributed by atoms with van der Waals surface area (Å²) in [6, 6.07) is 10.2. The summed E-state index contributed by atoms with van der Waals surface area (Å²) in [5.41, 5.74) is 6.31. The van der Waals surface area contributed by atoms with Gasteiger partial charge in [-0.15, -0.1) is 10.2 Å². The first-order chi connectivity index (χ1) is 16.6. The molecular formula is C26H33N7O. The molecule has 0 amide bonds. The highest BCUT2D eigenvalue weighted by Gasteiger charge is 2.17. The van der Waals surface area contributed by atoms with E-state index < -0.39 is 0 Å². The Morgan fingerprint density at radius 3 is 2.44 bits per heavy atom. The Morgan fingerprint density at radius 2 is 1.74 bits per heavy atom. The topological polar surface area (TPSA) is 94.3 Å². The monoisotopic (exact) mass is 459 g/mol. The van der Waals surface area contributed by atoms with E-state index in [0.717, 1.165) is 73.0 Å². The minimum Gasteiger partial charge on any atom is -0.296 e. The smallest absolute Gasteiger partial charge is 0.296 e. The second-order valence-electron chi connectivity index (χ2n) is 8.72. The van der Waals surface area contributed by atoms with Crippen molar-refractivity contribution in [1.82, 2.24) is 34.7 Å². The molecule has 0 fully saturated rings. The molecule has 3 heterocycles. The Bertz CT molecular complexity index is 1250. The highest BCUT2D eigenvalue weighted by Crippen LogP contribution is 2.29. The van der Waals surface area contributed by atoms with Crippen LogP contribution in [0.4, 0.5) is 0 Å². The molecular weight excluding hydrogens is 426 g/mol. The minimum atomic E-state index is 0.107. The Kier molecular flexibility index (Phi) is 7.67. The average molecular weight is 460 g/mol. The number of pyridine rings is 1. The third-order valence-electron chi connectivity index (χ3n) is 6.38. The zero-order valence-electron chi connectivity index (χ0n) is 20.3. The van der Waals surface area contributed by atoms with Crippen LogP contribution in [0.1, 0.15) is 62.9 Å². The van der Waals surface area contributed by atoms with Gasteiger partial charge < -0.3 is 0 Å². The number of H-pyrrole nitrogens is 1. The predicted molar refractivity (Wildman–Crippen MR) is 134 cm³/mol. The van der Waals surface area contributed by atoms with Crippen LogP contribution in [0.5, 0.6) is 0 Å². The van der Waals surface area contributed by atoms with E-state index in [1.165, 1.54) is 5.69 Å². The van der Waals surface area contributed by atoms with E-state index >= 15 is 0 Å². The van der Waals surface area contributed by atoms with Crippen LogP contribution >= 0.6 is 0 Å². The van der Waals surface area contributed by atoms with Crippen molar-refractivity contribution in [2.24, 2.45) is 0 Å². The molecule has 4 aromatic rings. The minimum absolute atomic E-state index is 0.107. The van der Waals surface area contributed by atoms with Crippen molar-refractivity contribution in [3.8, 4) is 22.5 Å². The summed E-state index contributed by atoms with van der Waals surface area (Å²) in [6.45, 7) is 7.84. The van der Waals surface area contributed by atoms with E-state index in [0.29, 0.717) is 12.4 Å². The van der Waals surface area contributed by atoms with E-state index in [4.69, 9.17) is 0 Å². The molecule has 0 spiro atoms. The van der Waals surface area contributed by atoms with Crippen LogP contribution in [-0.2, 0) is 19.5 Å². The molecule has 8 nitrogen and oxygen atoms in total. The summed E-state index contributed by atoms with van der Waals surface area (Å²) in [6.07, 6.45) is 9.99. The summed E-state index contributed by atoms with van der Waals surface area (Å²) in [7, 11) is 0.